The summed E-state index contributed by atoms with van der Waals surface area (Å²) in [6, 6.07) is 4.21. The maximum atomic E-state index is 11.3. The molecule has 1 aromatic rings. The van der Waals surface area contributed by atoms with Crippen LogP contribution >= 0.6 is 0 Å². The first-order valence-electron chi connectivity index (χ1n) is 38.0. The minimum absolute atomic E-state index is 0.0323. The molecule has 5 saturated heterocycles. The van der Waals surface area contributed by atoms with Crippen molar-refractivity contribution in [2.75, 3.05) is 55.0 Å². The molecule has 1 atom stereocenters. The maximum Gasteiger partial charge on any atom is 0.167 e. The summed E-state index contributed by atoms with van der Waals surface area (Å²) in [7, 11) is 6.08. The van der Waals surface area contributed by atoms with E-state index in [1.165, 1.54) is 38.5 Å². The van der Waals surface area contributed by atoms with E-state index < -0.39 is 6.29 Å². The number of nitrogens with one attached hydrogen (secondary N) is 3. The molecule has 0 aliphatic carbocycles. The van der Waals surface area contributed by atoms with Crippen LogP contribution in [0.1, 0.15) is 333 Å². The molecule has 572 valence electrons. The van der Waals surface area contributed by atoms with Gasteiger partial charge in [-0.25, -0.2) is 4.89 Å². The molecule has 6 rings (SSSR count). The summed E-state index contributed by atoms with van der Waals surface area (Å²) < 4.78 is 47.9. The predicted octanol–water partition coefficient (Wildman–Crippen LogP) is 18.3. The van der Waals surface area contributed by atoms with Crippen LogP contribution in [0.4, 0.5) is 0 Å². The molecule has 5 N–H and O–H groups in total. The Morgan fingerprint density at radius 1 is 0.464 bits per heavy atom. The van der Waals surface area contributed by atoms with Crippen molar-refractivity contribution < 1.29 is 53.1 Å². The number of hydrogen-bond acceptors (Lipinski definition) is 16. The van der Waals surface area contributed by atoms with Crippen molar-refractivity contribution >= 4 is 0 Å². The average Bonchev–Trinajstić information content (AvgIpc) is 0.803. The minimum Gasteiger partial charge on any atom is -0.507 e. The summed E-state index contributed by atoms with van der Waals surface area (Å²) in [4.78, 5) is 9.88. The molecule has 0 bridgehead atoms. The van der Waals surface area contributed by atoms with Gasteiger partial charge in [-0.15, -0.1) is 0 Å². The third-order valence-corrected chi connectivity index (χ3v) is 21.4. The number of piperidine rings is 5. The van der Waals surface area contributed by atoms with Crippen molar-refractivity contribution in [3.63, 3.8) is 0 Å². The third kappa shape index (κ3) is 31.7. The first kappa shape index (κ1) is 89.6. The number of rotatable bonds is 28. The Morgan fingerprint density at radius 2 is 0.784 bits per heavy atom. The summed E-state index contributed by atoms with van der Waals surface area (Å²) in [5, 5.41) is 31.9. The van der Waals surface area contributed by atoms with Gasteiger partial charge in [-0.05, 0) is 263 Å². The van der Waals surface area contributed by atoms with Crippen LogP contribution in [-0.4, -0.2) is 167 Å². The van der Waals surface area contributed by atoms with Crippen LogP contribution in [0.2, 0.25) is 0 Å². The first-order valence-corrected chi connectivity index (χ1v) is 38.0. The minimum atomic E-state index is -0.560. The highest BCUT2D eigenvalue weighted by molar-refractivity contribution is 5.50. The molecular weight excluding hydrogens is 1220 g/mol. The van der Waals surface area contributed by atoms with E-state index in [1.807, 2.05) is 0 Å². The zero-order valence-electron chi connectivity index (χ0n) is 68.8. The van der Waals surface area contributed by atoms with Crippen LogP contribution in [0, 0.1) is 5.92 Å². The number of nitrogens with zero attached hydrogens (tertiary/aromatic N) is 2. The zero-order chi connectivity index (χ0) is 74.1. The number of benzene rings is 1. The summed E-state index contributed by atoms with van der Waals surface area (Å²) in [6.07, 6.45) is 21.3. The van der Waals surface area contributed by atoms with Crippen LogP contribution < -0.4 is 16.0 Å². The summed E-state index contributed by atoms with van der Waals surface area (Å²) in [5.41, 5.74) is 3.31. The van der Waals surface area contributed by atoms with E-state index in [9.17, 15) is 10.4 Å². The van der Waals surface area contributed by atoms with E-state index in [0.29, 0.717) is 37.8 Å². The van der Waals surface area contributed by atoms with Crippen molar-refractivity contribution in [3.05, 3.63) is 28.8 Å². The quantitative estimate of drug-likeness (QED) is 0.0233. The molecule has 97 heavy (non-hydrogen) atoms. The molecule has 0 spiro atoms. The van der Waals surface area contributed by atoms with E-state index in [4.69, 9.17) is 42.8 Å². The molecule has 1 unspecified atom stereocenters. The van der Waals surface area contributed by atoms with Crippen LogP contribution in [0.3, 0.4) is 0 Å². The SMILES string of the molecule is CC1(C)CC(OCOCCCCCCCCC(OO)C2CC(C)(C)NC(C)(C)C2)CC(C)(C)N1.CCCC.CN1C(C)(C)CC(OCOC(Cc2cc(C(C)(C)C)c(O)c(C(C)(C)C)c2)OCOC2CC(C)(C)N(C)C(C)(C)C2)CC1(C)C.COCOC1CC(C)(C)NC(C)(C)C1. The molecular formula is C81H157N5O11. The third-order valence-electron chi connectivity index (χ3n) is 21.4. The number of phenolic OH excluding ortho intramolecular Hbond substituents is 1. The van der Waals surface area contributed by atoms with Gasteiger partial charge < -0.3 is 59.0 Å². The zero-order valence-corrected chi connectivity index (χ0v) is 68.8. The van der Waals surface area contributed by atoms with Gasteiger partial charge in [0.05, 0.1) is 30.5 Å². The van der Waals surface area contributed by atoms with Crippen molar-refractivity contribution in [1.82, 2.24) is 25.8 Å². The standard InChI is InChI=1S/C38H68N2O5.C28H56N2O4.C11H23NO2.C4H10/c1-33(2,3)29-17-26(18-30(32(29)41)34(4,5)6)19-31(44-24-42-27-20-35(7,8)39(15)36(9,10)21-27)45-25-43-28-22-37(11,12)40(16)38(13,14)23-28;1-25(2)17-22(18-26(3,4)29-25)24(34-31)15-13-11-9-10-12-14-16-32-21-33-23-19-27(5,6)30-28(7,8)20-23;1-10(2)6-9(14-8-13-5)7-11(3,4)12-10;1-3-4-2/h17-18,27-28,31,41H,19-25H2,1-16H3;22-24,29-31H,9-21H2,1-8H3;9,12H,6-8H2,1-5H3;3-4H2,1-2H3. The Labute approximate surface area is 596 Å². The summed E-state index contributed by atoms with van der Waals surface area (Å²) in [6.45, 7) is 64.2. The molecule has 5 aliphatic rings. The van der Waals surface area contributed by atoms with Gasteiger partial charge in [0.25, 0.3) is 0 Å². The molecule has 0 aromatic heterocycles. The number of ether oxygens (including phenoxy) is 8. The van der Waals surface area contributed by atoms with Crippen LogP contribution in [0.25, 0.3) is 0 Å². The molecule has 16 heteroatoms. The highest BCUT2D eigenvalue weighted by atomic mass is 17.1. The smallest absolute Gasteiger partial charge is 0.167 e. The van der Waals surface area contributed by atoms with Gasteiger partial charge in [0.15, 0.2) is 6.29 Å². The monoisotopic (exact) mass is 1380 g/mol. The molecule has 5 heterocycles. The number of likely N-dealkylation sites (tertiary alicyclic amines) is 2. The number of phenols is 1. The van der Waals surface area contributed by atoms with Gasteiger partial charge in [-0.1, -0.05) is 112 Å². The molecule has 1 aromatic carbocycles. The second kappa shape index (κ2) is 37.4. The molecule has 0 amide bonds. The second-order valence-corrected chi connectivity index (χ2v) is 38.7. The predicted molar refractivity (Wildman–Crippen MR) is 403 cm³/mol. The normalized spacial score (nSPS) is 23.7. The lowest BCUT2D eigenvalue weighted by atomic mass is 9.73. The van der Waals surface area contributed by atoms with Crippen molar-refractivity contribution in [3.8, 4) is 5.75 Å². The van der Waals surface area contributed by atoms with Crippen molar-refractivity contribution in [2.45, 2.75) is 425 Å². The topological polar surface area (TPSA) is 166 Å². The van der Waals surface area contributed by atoms with Crippen LogP contribution in [0.15, 0.2) is 12.1 Å². The van der Waals surface area contributed by atoms with Gasteiger partial charge >= 0.3 is 0 Å². The number of hydrogen-bond donors (Lipinski definition) is 5. The maximum absolute atomic E-state index is 11.3. The van der Waals surface area contributed by atoms with Gasteiger partial charge in [-0.2, -0.15) is 0 Å². The highest BCUT2D eigenvalue weighted by Gasteiger charge is 2.46. The molecule has 5 aliphatic heterocycles. The van der Waals surface area contributed by atoms with E-state index >= 15 is 0 Å². The Morgan fingerprint density at radius 3 is 1.12 bits per heavy atom. The molecule has 0 radical (unpaired) electrons. The number of methoxy groups -OCH3 is 1. The molecule has 5 fully saturated rings. The van der Waals surface area contributed by atoms with Crippen LogP contribution in [0.5, 0.6) is 5.75 Å². The van der Waals surface area contributed by atoms with Gasteiger partial charge in [0.1, 0.15) is 32.9 Å². The summed E-state index contributed by atoms with van der Waals surface area (Å²) in [5.74, 6) is 0.779. The van der Waals surface area contributed by atoms with Crippen molar-refractivity contribution in [2.24, 2.45) is 5.92 Å². The largest absolute Gasteiger partial charge is 0.507 e. The number of aromatic hydroxyl groups is 1. The van der Waals surface area contributed by atoms with Gasteiger partial charge in [0, 0.05) is 75.5 Å². The lowest BCUT2D eigenvalue weighted by Crippen LogP contribution is -2.60. The lowest BCUT2D eigenvalue weighted by Gasteiger charge is -2.53. The second-order valence-electron chi connectivity index (χ2n) is 38.7. The highest BCUT2D eigenvalue weighted by Crippen LogP contribution is 2.43. The summed E-state index contributed by atoms with van der Waals surface area (Å²) >= 11 is 0. The fourth-order valence-electron chi connectivity index (χ4n) is 16.9. The number of unbranched alkanes of at least 4 members (excludes halogenated alkanes) is 6. The van der Waals surface area contributed by atoms with Gasteiger partial charge in [0.2, 0.25) is 0 Å². The fourth-order valence-corrected chi connectivity index (χ4v) is 16.9. The van der Waals surface area contributed by atoms with Crippen LogP contribution in [-0.2, 0) is 60.0 Å². The Hall–Kier alpha value is -1.58. The Kier molecular flexibility index (Phi) is 34.6. The first-order chi connectivity index (χ1) is 44.2. The van der Waals surface area contributed by atoms with E-state index in [1.54, 1.807) is 7.11 Å². The van der Waals surface area contributed by atoms with Crippen molar-refractivity contribution in [1.29, 1.82) is 0 Å². The fraction of sp³-hybridized carbons (Fsp3) is 0.926. The van der Waals surface area contributed by atoms with E-state index in [-0.39, 0.29) is 104 Å². The molecule has 0 saturated carbocycles. The Bertz CT molecular complexity index is 2240. The molecule has 16 nitrogen and oxygen atoms in total. The van der Waals surface area contributed by atoms with E-state index in [0.717, 1.165) is 107 Å². The average molecular weight is 1380 g/mol. The lowest BCUT2D eigenvalue weighted by molar-refractivity contribution is -0.295. The Balaban J connectivity index is 0.000000411. The van der Waals surface area contributed by atoms with Gasteiger partial charge in [-0.3, -0.25) is 15.1 Å². The van der Waals surface area contributed by atoms with E-state index in [2.05, 4.69) is 246 Å².